The Morgan fingerprint density at radius 1 is 0.569 bits per heavy atom. The Balaban J connectivity index is 1.02. The standard InChI is InChI=1S/C45H32N4O2/c46-44(35-16-10-20-39-41(35)33-14-5-8-18-37(33)50-39)48-45(29-11-2-1-3-12-29)47-27-28-21-23-30(24-22-28)49-36-17-7-4-13-31(36)32-25-26-40-42(43(32)49)34-15-6-9-19-38(34)51-40/h1-26,44H,27,46H2,(H,47,48). The summed E-state index contributed by atoms with van der Waals surface area (Å²) in [6.45, 7) is 0.479. The molecule has 0 radical (unpaired) electrons. The van der Waals surface area contributed by atoms with Crippen LogP contribution in [-0.4, -0.2) is 10.4 Å². The van der Waals surface area contributed by atoms with Crippen molar-refractivity contribution in [3.8, 4) is 5.69 Å². The maximum absolute atomic E-state index is 6.91. The lowest BCUT2D eigenvalue weighted by molar-refractivity contribution is 0.663. The second-order valence-corrected chi connectivity index (χ2v) is 12.9. The van der Waals surface area contributed by atoms with Crippen molar-refractivity contribution in [3.05, 3.63) is 174 Å². The Hall–Kier alpha value is -6.63. The molecule has 0 fully saturated rings. The van der Waals surface area contributed by atoms with E-state index >= 15 is 0 Å². The molecule has 0 saturated carbocycles. The van der Waals surface area contributed by atoms with Crippen LogP contribution in [0.1, 0.15) is 22.9 Å². The summed E-state index contributed by atoms with van der Waals surface area (Å²) in [6, 6.07) is 54.1. The van der Waals surface area contributed by atoms with Crippen LogP contribution in [0.4, 0.5) is 0 Å². The Morgan fingerprint density at radius 2 is 1.20 bits per heavy atom. The molecule has 0 aliphatic heterocycles. The second-order valence-electron chi connectivity index (χ2n) is 12.9. The van der Waals surface area contributed by atoms with Gasteiger partial charge in [-0.05, 0) is 54.1 Å². The molecule has 3 N–H and O–H groups in total. The molecule has 3 heterocycles. The zero-order valence-corrected chi connectivity index (χ0v) is 27.6. The lowest BCUT2D eigenvalue weighted by Gasteiger charge is -2.19. The quantitative estimate of drug-likeness (QED) is 0.106. The normalized spacial score (nSPS) is 12.9. The first-order valence-corrected chi connectivity index (χ1v) is 17.2. The highest BCUT2D eigenvalue weighted by Gasteiger charge is 2.20. The van der Waals surface area contributed by atoms with Crippen molar-refractivity contribution in [1.82, 2.24) is 9.88 Å². The highest BCUT2D eigenvalue weighted by molar-refractivity contribution is 6.24. The first-order chi connectivity index (χ1) is 25.2. The van der Waals surface area contributed by atoms with Crippen LogP contribution in [0.2, 0.25) is 0 Å². The summed E-state index contributed by atoms with van der Waals surface area (Å²) in [5.41, 5.74) is 16.7. The first-order valence-electron chi connectivity index (χ1n) is 17.2. The predicted molar refractivity (Wildman–Crippen MR) is 209 cm³/mol. The Bertz CT molecular complexity index is 2930. The molecular formula is C45H32N4O2. The van der Waals surface area contributed by atoms with Gasteiger partial charge in [0.2, 0.25) is 0 Å². The van der Waals surface area contributed by atoms with E-state index in [1.165, 1.54) is 10.8 Å². The van der Waals surface area contributed by atoms with Gasteiger partial charge < -0.3 is 24.5 Å². The second kappa shape index (κ2) is 11.8. The molecule has 3 aromatic heterocycles. The van der Waals surface area contributed by atoms with Crippen LogP contribution >= 0.6 is 0 Å². The van der Waals surface area contributed by atoms with Gasteiger partial charge in [-0.3, -0.25) is 4.99 Å². The van der Waals surface area contributed by atoms with E-state index < -0.39 is 6.17 Å². The number of aliphatic imine (C=N–C) groups is 1. The van der Waals surface area contributed by atoms with Gasteiger partial charge >= 0.3 is 0 Å². The maximum Gasteiger partial charge on any atom is 0.137 e. The molecule has 0 aliphatic rings. The van der Waals surface area contributed by atoms with Crippen molar-refractivity contribution < 1.29 is 8.83 Å². The van der Waals surface area contributed by atoms with Gasteiger partial charge in [-0.2, -0.15) is 0 Å². The van der Waals surface area contributed by atoms with Crippen LogP contribution in [0.25, 0.3) is 71.4 Å². The van der Waals surface area contributed by atoms with Gasteiger partial charge in [-0.25, -0.2) is 0 Å². The molecule has 244 valence electrons. The molecule has 0 bridgehead atoms. The third-order valence-electron chi connectivity index (χ3n) is 9.90. The minimum absolute atomic E-state index is 0.479. The lowest BCUT2D eigenvalue weighted by atomic mass is 10.0. The number of nitrogens with one attached hydrogen (secondary N) is 1. The largest absolute Gasteiger partial charge is 0.456 e. The fraction of sp³-hybridized carbons (Fsp3) is 0.0444. The maximum atomic E-state index is 6.91. The molecular weight excluding hydrogens is 629 g/mol. The first kappa shape index (κ1) is 29.3. The van der Waals surface area contributed by atoms with E-state index in [0.717, 1.165) is 83.1 Å². The Kier molecular flexibility index (Phi) is 6.76. The van der Waals surface area contributed by atoms with Crippen LogP contribution in [-0.2, 0) is 6.54 Å². The zero-order valence-electron chi connectivity index (χ0n) is 27.6. The van der Waals surface area contributed by atoms with Gasteiger partial charge in [0.15, 0.2) is 0 Å². The van der Waals surface area contributed by atoms with Crippen molar-refractivity contribution in [2.45, 2.75) is 12.7 Å². The molecule has 10 aromatic rings. The molecule has 6 heteroatoms. The summed E-state index contributed by atoms with van der Waals surface area (Å²) in [5, 5.41) is 10.3. The van der Waals surface area contributed by atoms with Crippen molar-refractivity contribution >= 4 is 71.5 Å². The monoisotopic (exact) mass is 660 g/mol. The van der Waals surface area contributed by atoms with E-state index in [-0.39, 0.29) is 0 Å². The number of benzene rings is 7. The SMILES string of the molecule is NC(NC(=NCc1ccc(-n2c3ccccc3c3ccc4oc5ccccc5c4c32)cc1)c1ccccc1)c1cccc2oc3ccccc3c12. The molecule has 0 saturated heterocycles. The minimum atomic E-state index is -0.512. The van der Waals surface area contributed by atoms with E-state index in [4.69, 9.17) is 19.6 Å². The number of fused-ring (bicyclic) bond motifs is 10. The van der Waals surface area contributed by atoms with Crippen LogP contribution in [0.5, 0.6) is 0 Å². The molecule has 7 aromatic carbocycles. The number of rotatable bonds is 6. The van der Waals surface area contributed by atoms with Gasteiger partial charge in [0, 0.05) is 43.7 Å². The Morgan fingerprint density at radius 3 is 1.96 bits per heavy atom. The average Bonchev–Trinajstić information content (AvgIpc) is 3.86. The van der Waals surface area contributed by atoms with Crippen LogP contribution in [0, 0.1) is 0 Å². The van der Waals surface area contributed by atoms with E-state index in [2.05, 4.69) is 107 Å². The summed E-state index contributed by atoms with van der Waals surface area (Å²) >= 11 is 0. The fourth-order valence-electron chi connectivity index (χ4n) is 7.56. The van der Waals surface area contributed by atoms with Crippen molar-refractivity contribution in [2.75, 3.05) is 0 Å². The van der Waals surface area contributed by atoms with Crippen LogP contribution in [0.3, 0.4) is 0 Å². The van der Waals surface area contributed by atoms with Gasteiger partial charge in [-0.1, -0.05) is 109 Å². The Labute approximate surface area is 293 Å². The molecule has 6 nitrogen and oxygen atoms in total. The summed E-state index contributed by atoms with van der Waals surface area (Å²) in [7, 11) is 0. The van der Waals surface area contributed by atoms with E-state index in [0.29, 0.717) is 6.54 Å². The molecule has 0 amide bonds. The zero-order chi connectivity index (χ0) is 33.9. The summed E-state index contributed by atoms with van der Waals surface area (Å²) < 4.78 is 14.8. The van der Waals surface area contributed by atoms with Crippen LogP contribution in [0.15, 0.2) is 172 Å². The van der Waals surface area contributed by atoms with Gasteiger partial charge in [0.05, 0.1) is 23.0 Å². The van der Waals surface area contributed by atoms with Crippen molar-refractivity contribution in [3.63, 3.8) is 0 Å². The summed E-state index contributed by atoms with van der Waals surface area (Å²) in [4.78, 5) is 5.10. The molecule has 0 aliphatic carbocycles. The topological polar surface area (TPSA) is 81.6 Å². The molecule has 1 atom stereocenters. The van der Waals surface area contributed by atoms with Gasteiger partial charge in [0.1, 0.15) is 34.3 Å². The third-order valence-corrected chi connectivity index (χ3v) is 9.90. The number of amidine groups is 1. The molecule has 51 heavy (non-hydrogen) atoms. The number of hydrogen-bond donors (Lipinski definition) is 2. The molecule has 10 rings (SSSR count). The highest BCUT2D eigenvalue weighted by atomic mass is 16.3. The van der Waals surface area contributed by atoms with E-state index in [1.54, 1.807) is 0 Å². The average molecular weight is 661 g/mol. The smallest absolute Gasteiger partial charge is 0.137 e. The third kappa shape index (κ3) is 4.80. The number of nitrogens with two attached hydrogens (primary N) is 1. The number of aromatic nitrogens is 1. The van der Waals surface area contributed by atoms with Gasteiger partial charge in [0.25, 0.3) is 0 Å². The van der Waals surface area contributed by atoms with E-state index in [9.17, 15) is 0 Å². The summed E-state index contributed by atoms with van der Waals surface area (Å²) in [6.07, 6.45) is -0.512. The predicted octanol–water partition coefficient (Wildman–Crippen LogP) is 10.8. The highest BCUT2D eigenvalue weighted by Crippen LogP contribution is 2.40. The minimum Gasteiger partial charge on any atom is -0.456 e. The van der Waals surface area contributed by atoms with E-state index in [1.807, 2.05) is 60.7 Å². The van der Waals surface area contributed by atoms with Crippen molar-refractivity contribution in [1.29, 1.82) is 0 Å². The fourth-order valence-corrected chi connectivity index (χ4v) is 7.56. The molecule has 0 spiro atoms. The molecule has 1 unspecified atom stereocenters. The summed E-state index contributed by atoms with van der Waals surface area (Å²) in [5.74, 6) is 0.730. The van der Waals surface area contributed by atoms with Crippen LogP contribution < -0.4 is 11.1 Å². The van der Waals surface area contributed by atoms with Crippen molar-refractivity contribution in [2.24, 2.45) is 10.7 Å². The number of para-hydroxylation sites is 3. The number of hydrogen-bond acceptors (Lipinski definition) is 4. The number of nitrogens with zero attached hydrogens (tertiary/aromatic N) is 2. The lowest BCUT2D eigenvalue weighted by Crippen LogP contribution is -2.35. The van der Waals surface area contributed by atoms with Gasteiger partial charge in [-0.15, -0.1) is 0 Å². The number of furan rings is 2.